The second kappa shape index (κ2) is 8.61. The molecule has 0 spiro atoms. The third-order valence-corrected chi connectivity index (χ3v) is 6.29. The van der Waals surface area contributed by atoms with Gasteiger partial charge in [-0.3, -0.25) is 4.72 Å². The third-order valence-electron chi connectivity index (χ3n) is 4.80. The molecule has 0 aliphatic carbocycles. The molecule has 0 atom stereocenters. The Morgan fingerprint density at radius 2 is 1.74 bits per heavy atom. The number of piperidine rings is 1. The van der Waals surface area contributed by atoms with Crippen molar-refractivity contribution in [1.29, 1.82) is 0 Å². The molecule has 0 amide bonds. The molecule has 1 aromatic carbocycles. The van der Waals surface area contributed by atoms with Crippen LogP contribution in [0.5, 0.6) is 0 Å². The van der Waals surface area contributed by atoms with Gasteiger partial charge in [0.2, 0.25) is 10.0 Å². The van der Waals surface area contributed by atoms with Crippen LogP contribution in [0.15, 0.2) is 42.6 Å². The molecule has 0 radical (unpaired) electrons. The topological polar surface area (TPSA) is 74.3 Å². The average Bonchev–Trinajstić information content (AvgIpc) is 2.64. The van der Waals surface area contributed by atoms with Gasteiger partial charge in [0.15, 0.2) is 0 Å². The Hall–Kier alpha value is -2.28. The molecule has 0 saturated carbocycles. The summed E-state index contributed by atoms with van der Waals surface area (Å²) in [6.07, 6.45) is 4.60. The molecular formula is C20H28N4O2S. The van der Waals surface area contributed by atoms with E-state index in [0.717, 1.165) is 24.7 Å². The van der Waals surface area contributed by atoms with Crippen molar-refractivity contribution in [1.82, 2.24) is 4.98 Å². The van der Waals surface area contributed by atoms with Crippen LogP contribution in [0.1, 0.15) is 33.1 Å². The van der Waals surface area contributed by atoms with Gasteiger partial charge in [-0.2, -0.15) is 0 Å². The van der Waals surface area contributed by atoms with Crippen LogP contribution in [0.4, 0.5) is 22.9 Å². The van der Waals surface area contributed by atoms with Crippen LogP contribution < -0.4 is 14.9 Å². The molecule has 3 rings (SSSR count). The maximum Gasteiger partial charge on any atom is 0.232 e. The average molecular weight is 389 g/mol. The molecule has 1 aliphatic rings. The quantitative estimate of drug-likeness (QED) is 0.743. The summed E-state index contributed by atoms with van der Waals surface area (Å²) in [5, 5.41) is 3.25. The van der Waals surface area contributed by atoms with Crippen molar-refractivity contribution in [3.05, 3.63) is 42.6 Å². The first-order valence-corrected chi connectivity index (χ1v) is 11.2. The van der Waals surface area contributed by atoms with E-state index in [9.17, 15) is 8.42 Å². The largest absolute Gasteiger partial charge is 0.372 e. The SMILES string of the molecule is CCCS(=O)(=O)Nc1ccc(Nc2ccc(N3CCC(C)CC3)cc2)nc1. The molecule has 7 heteroatoms. The van der Waals surface area contributed by atoms with Gasteiger partial charge in [0.25, 0.3) is 0 Å². The van der Waals surface area contributed by atoms with Crippen LogP contribution in [0.2, 0.25) is 0 Å². The van der Waals surface area contributed by atoms with E-state index in [1.807, 2.05) is 19.1 Å². The highest BCUT2D eigenvalue weighted by Crippen LogP contribution is 2.25. The van der Waals surface area contributed by atoms with Crippen LogP contribution in [0.25, 0.3) is 0 Å². The van der Waals surface area contributed by atoms with Gasteiger partial charge in [-0.15, -0.1) is 0 Å². The molecule has 1 saturated heterocycles. The zero-order valence-electron chi connectivity index (χ0n) is 16.0. The normalized spacial score (nSPS) is 15.6. The Labute approximate surface area is 162 Å². The summed E-state index contributed by atoms with van der Waals surface area (Å²) in [6.45, 7) is 6.38. The summed E-state index contributed by atoms with van der Waals surface area (Å²) in [7, 11) is -3.29. The number of anilines is 4. The van der Waals surface area contributed by atoms with E-state index in [2.05, 4.69) is 39.0 Å². The van der Waals surface area contributed by atoms with Crippen molar-refractivity contribution in [2.75, 3.05) is 33.8 Å². The van der Waals surface area contributed by atoms with Gasteiger partial charge in [-0.25, -0.2) is 13.4 Å². The van der Waals surface area contributed by atoms with E-state index in [-0.39, 0.29) is 5.75 Å². The summed E-state index contributed by atoms with van der Waals surface area (Å²) < 4.78 is 26.1. The number of sulfonamides is 1. The molecule has 2 heterocycles. The lowest BCUT2D eigenvalue weighted by molar-refractivity contribution is 0.438. The minimum Gasteiger partial charge on any atom is -0.372 e. The monoisotopic (exact) mass is 388 g/mol. The van der Waals surface area contributed by atoms with Gasteiger partial charge in [0.1, 0.15) is 5.82 Å². The molecule has 146 valence electrons. The van der Waals surface area contributed by atoms with E-state index >= 15 is 0 Å². The fourth-order valence-corrected chi connectivity index (χ4v) is 4.32. The van der Waals surface area contributed by atoms with E-state index in [1.54, 1.807) is 12.1 Å². The Kier molecular flexibility index (Phi) is 6.21. The molecule has 1 aliphatic heterocycles. The molecule has 27 heavy (non-hydrogen) atoms. The van der Waals surface area contributed by atoms with Crippen molar-refractivity contribution in [2.24, 2.45) is 5.92 Å². The zero-order valence-corrected chi connectivity index (χ0v) is 16.8. The molecule has 2 aromatic rings. The predicted octanol–water partition coefficient (Wildman–Crippen LogP) is 4.21. The summed E-state index contributed by atoms with van der Waals surface area (Å²) in [5.74, 6) is 1.60. The molecule has 2 N–H and O–H groups in total. The summed E-state index contributed by atoms with van der Waals surface area (Å²) in [5.41, 5.74) is 2.68. The Balaban J connectivity index is 1.59. The minimum absolute atomic E-state index is 0.106. The zero-order chi connectivity index (χ0) is 19.3. The fourth-order valence-electron chi connectivity index (χ4n) is 3.20. The smallest absolute Gasteiger partial charge is 0.232 e. The second-order valence-electron chi connectivity index (χ2n) is 7.19. The molecule has 1 fully saturated rings. The van der Waals surface area contributed by atoms with Crippen LogP contribution in [0, 0.1) is 5.92 Å². The number of nitrogens with zero attached hydrogens (tertiary/aromatic N) is 2. The highest BCUT2D eigenvalue weighted by Gasteiger charge is 2.15. The van der Waals surface area contributed by atoms with Gasteiger partial charge < -0.3 is 10.2 Å². The lowest BCUT2D eigenvalue weighted by Gasteiger charge is -2.32. The van der Waals surface area contributed by atoms with Crippen LogP contribution in [-0.4, -0.2) is 32.2 Å². The number of rotatable bonds is 7. The van der Waals surface area contributed by atoms with E-state index in [0.29, 0.717) is 17.9 Å². The molecule has 0 bridgehead atoms. The Bertz CT molecular complexity index is 827. The Morgan fingerprint density at radius 1 is 1.07 bits per heavy atom. The maximum atomic E-state index is 11.8. The van der Waals surface area contributed by atoms with Gasteiger partial charge in [-0.1, -0.05) is 13.8 Å². The van der Waals surface area contributed by atoms with E-state index < -0.39 is 10.0 Å². The first-order chi connectivity index (χ1) is 12.9. The molecule has 6 nitrogen and oxygen atoms in total. The first-order valence-electron chi connectivity index (χ1n) is 9.54. The van der Waals surface area contributed by atoms with Crippen LogP contribution >= 0.6 is 0 Å². The van der Waals surface area contributed by atoms with Crippen molar-refractivity contribution < 1.29 is 8.42 Å². The highest BCUT2D eigenvalue weighted by molar-refractivity contribution is 7.92. The molecule has 0 unspecified atom stereocenters. The third kappa shape index (κ3) is 5.60. The number of hydrogen-bond acceptors (Lipinski definition) is 5. The second-order valence-corrected chi connectivity index (χ2v) is 9.04. The van der Waals surface area contributed by atoms with Crippen LogP contribution in [0.3, 0.4) is 0 Å². The summed E-state index contributed by atoms with van der Waals surface area (Å²) in [4.78, 5) is 6.72. The standard InChI is InChI=1S/C20H28N4O2S/c1-3-14-27(25,26)23-18-6-9-20(21-15-18)22-17-4-7-19(8-5-17)24-12-10-16(2)11-13-24/h4-9,15-16,23H,3,10-14H2,1-2H3,(H,21,22). The molecule has 1 aromatic heterocycles. The lowest BCUT2D eigenvalue weighted by Crippen LogP contribution is -2.32. The summed E-state index contributed by atoms with van der Waals surface area (Å²) in [6, 6.07) is 11.8. The Morgan fingerprint density at radius 3 is 2.33 bits per heavy atom. The van der Waals surface area contributed by atoms with Crippen molar-refractivity contribution in [2.45, 2.75) is 33.1 Å². The summed E-state index contributed by atoms with van der Waals surface area (Å²) >= 11 is 0. The van der Waals surface area contributed by atoms with Gasteiger partial charge in [-0.05, 0) is 61.6 Å². The fraction of sp³-hybridized carbons (Fsp3) is 0.450. The lowest BCUT2D eigenvalue weighted by atomic mass is 9.99. The maximum absolute atomic E-state index is 11.8. The van der Waals surface area contributed by atoms with E-state index in [1.165, 1.54) is 24.7 Å². The van der Waals surface area contributed by atoms with E-state index in [4.69, 9.17) is 0 Å². The predicted molar refractivity (Wildman–Crippen MR) is 112 cm³/mol. The van der Waals surface area contributed by atoms with Gasteiger partial charge >= 0.3 is 0 Å². The number of nitrogens with one attached hydrogen (secondary N) is 2. The minimum atomic E-state index is -3.29. The van der Waals surface area contributed by atoms with Crippen molar-refractivity contribution >= 4 is 32.9 Å². The van der Waals surface area contributed by atoms with Crippen molar-refractivity contribution in [3.8, 4) is 0 Å². The number of hydrogen-bond donors (Lipinski definition) is 2. The first kappa shape index (κ1) is 19.5. The highest BCUT2D eigenvalue weighted by atomic mass is 32.2. The van der Waals surface area contributed by atoms with Crippen molar-refractivity contribution in [3.63, 3.8) is 0 Å². The van der Waals surface area contributed by atoms with Crippen LogP contribution in [-0.2, 0) is 10.0 Å². The number of pyridine rings is 1. The molecular weight excluding hydrogens is 360 g/mol. The number of benzene rings is 1. The number of aromatic nitrogens is 1. The van der Waals surface area contributed by atoms with Gasteiger partial charge in [0, 0.05) is 24.5 Å². The van der Waals surface area contributed by atoms with Gasteiger partial charge in [0.05, 0.1) is 17.6 Å².